The number of likely N-dealkylation sites (N-methyl/N-ethyl adjacent to an activating group) is 1. The van der Waals surface area contributed by atoms with E-state index in [1.165, 1.54) is 0 Å². The molecule has 0 amide bonds. The number of nitrogens with one attached hydrogen (secondary N) is 2. The van der Waals surface area contributed by atoms with Crippen molar-refractivity contribution in [1.29, 1.82) is 0 Å². The molecular formula is C14H23N5. The van der Waals surface area contributed by atoms with E-state index in [1.807, 2.05) is 13.2 Å². The topological polar surface area (TPSA) is 58.5 Å². The van der Waals surface area contributed by atoms with Crippen LogP contribution in [0, 0.1) is 0 Å². The first kappa shape index (κ1) is 13.8. The third kappa shape index (κ3) is 3.23. The Balaban J connectivity index is 2.06. The molecule has 5 nitrogen and oxygen atoms in total. The summed E-state index contributed by atoms with van der Waals surface area (Å²) in [4.78, 5) is 7.46. The first-order chi connectivity index (χ1) is 9.28. The molecule has 2 aromatic rings. The van der Waals surface area contributed by atoms with Crippen LogP contribution in [0.3, 0.4) is 0 Å². The third-order valence-corrected chi connectivity index (χ3v) is 3.59. The minimum Gasteiger partial charge on any atom is -0.347 e. The van der Waals surface area contributed by atoms with Crippen LogP contribution in [-0.4, -0.2) is 26.8 Å². The Hall–Kier alpha value is -1.62. The Morgan fingerprint density at radius 1 is 1.37 bits per heavy atom. The average Bonchev–Trinajstić information content (AvgIpc) is 3.09. The molecule has 5 heteroatoms. The number of hydrogen-bond acceptors (Lipinski definition) is 3. The lowest BCUT2D eigenvalue weighted by Crippen LogP contribution is -2.20. The van der Waals surface area contributed by atoms with E-state index in [0.717, 1.165) is 30.8 Å². The molecule has 0 fully saturated rings. The van der Waals surface area contributed by atoms with Crippen LogP contribution in [0.5, 0.6) is 0 Å². The Morgan fingerprint density at radius 3 is 2.74 bits per heavy atom. The fourth-order valence-corrected chi connectivity index (χ4v) is 2.37. The number of hydrogen-bond donors (Lipinski definition) is 2. The molecule has 0 saturated heterocycles. The third-order valence-electron chi connectivity index (χ3n) is 3.59. The lowest BCUT2D eigenvalue weighted by atomic mass is 10.1. The largest absolute Gasteiger partial charge is 0.347 e. The maximum Gasteiger partial charge on any atom is 0.123 e. The number of aromatic amines is 1. The number of H-pyrrole nitrogens is 1. The summed E-state index contributed by atoms with van der Waals surface area (Å²) in [6, 6.07) is 2.79. The zero-order valence-corrected chi connectivity index (χ0v) is 11.9. The quantitative estimate of drug-likeness (QED) is 0.805. The second kappa shape index (κ2) is 6.52. The highest BCUT2D eigenvalue weighted by Gasteiger charge is 2.15. The van der Waals surface area contributed by atoms with Gasteiger partial charge in [-0.3, -0.25) is 4.68 Å². The zero-order chi connectivity index (χ0) is 13.7. The van der Waals surface area contributed by atoms with Crippen molar-refractivity contribution < 1.29 is 0 Å². The van der Waals surface area contributed by atoms with Crippen LogP contribution in [0.1, 0.15) is 50.3 Å². The van der Waals surface area contributed by atoms with Gasteiger partial charge in [0.15, 0.2) is 0 Å². The van der Waals surface area contributed by atoms with E-state index < -0.39 is 0 Å². The van der Waals surface area contributed by atoms with E-state index in [-0.39, 0.29) is 6.04 Å². The maximum atomic E-state index is 4.68. The first-order valence-corrected chi connectivity index (χ1v) is 6.99. The van der Waals surface area contributed by atoms with Gasteiger partial charge in [-0.05, 0) is 26.0 Å². The Kier molecular flexibility index (Phi) is 4.74. The molecule has 0 bridgehead atoms. The fraction of sp³-hybridized carbons (Fsp3) is 0.571. The summed E-state index contributed by atoms with van der Waals surface area (Å²) in [5.74, 6) is 0.958. The first-order valence-electron chi connectivity index (χ1n) is 6.99. The SMILES string of the molecule is CCC(CC)n1ccc(CC(NC)c2ncc[nH]2)n1. The minimum absolute atomic E-state index is 0.181. The predicted octanol–water partition coefficient (Wildman–Crippen LogP) is 2.47. The van der Waals surface area contributed by atoms with Crippen molar-refractivity contribution in [3.63, 3.8) is 0 Å². The van der Waals surface area contributed by atoms with Gasteiger partial charge in [-0.1, -0.05) is 13.8 Å². The second-order valence-electron chi connectivity index (χ2n) is 4.78. The smallest absolute Gasteiger partial charge is 0.123 e. The van der Waals surface area contributed by atoms with Crippen molar-refractivity contribution in [1.82, 2.24) is 25.1 Å². The van der Waals surface area contributed by atoms with Gasteiger partial charge in [-0.2, -0.15) is 5.10 Å². The Bertz CT molecular complexity index is 470. The van der Waals surface area contributed by atoms with Gasteiger partial charge in [0.25, 0.3) is 0 Å². The van der Waals surface area contributed by atoms with Gasteiger partial charge in [0.05, 0.1) is 17.8 Å². The van der Waals surface area contributed by atoms with Gasteiger partial charge < -0.3 is 10.3 Å². The van der Waals surface area contributed by atoms with E-state index in [4.69, 9.17) is 0 Å². The van der Waals surface area contributed by atoms with Gasteiger partial charge in [0.1, 0.15) is 5.82 Å². The monoisotopic (exact) mass is 261 g/mol. The van der Waals surface area contributed by atoms with Gasteiger partial charge >= 0.3 is 0 Å². The summed E-state index contributed by atoms with van der Waals surface area (Å²) in [6.45, 7) is 4.41. The fourth-order valence-electron chi connectivity index (χ4n) is 2.37. The normalized spacial score (nSPS) is 13.1. The lowest BCUT2D eigenvalue weighted by Gasteiger charge is -2.14. The van der Waals surface area contributed by atoms with E-state index in [2.05, 4.69) is 51.2 Å². The molecular weight excluding hydrogens is 238 g/mol. The van der Waals surface area contributed by atoms with E-state index in [9.17, 15) is 0 Å². The molecule has 1 unspecified atom stereocenters. The molecule has 0 aliphatic rings. The minimum atomic E-state index is 0.181. The highest BCUT2D eigenvalue weighted by Crippen LogP contribution is 2.17. The molecule has 2 aromatic heterocycles. The summed E-state index contributed by atoms with van der Waals surface area (Å²) < 4.78 is 2.09. The number of nitrogens with zero attached hydrogens (tertiary/aromatic N) is 3. The second-order valence-corrected chi connectivity index (χ2v) is 4.78. The van der Waals surface area contributed by atoms with Crippen LogP contribution in [0.25, 0.3) is 0 Å². The maximum absolute atomic E-state index is 4.68. The Morgan fingerprint density at radius 2 is 2.16 bits per heavy atom. The highest BCUT2D eigenvalue weighted by atomic mass is 15.3. The lowest BCUT2D eigenvalue weighted by molar-refractivity contribution is 0.422. The summed E-state index contributed by atoms with van der Waals surface area (Å²) in [5.41, 5.74) is 1.10. The standard InChI is InChI=1S/C14H23N5/c1-4-12(5-2)19-9-6-11(18-19)10-13(15-3)14-16-7-8-17-14/h6-9,12-13,15H,4-5,10H2,1-3H3,(H,16,17). The van der Waals surface area contributed by atoms with Crippen LogP contribution < -0.4 is 5.32 Å². The molecule has 104 valence electrons. The van der Waals surface area contributed by atoms with Crippen molar-refractivity contribution in [2.45, 2.75) is 45.2 Å². The van der Waals surface area contributed by atoms with Crippen LogP contribution >= 0.6 is 0 Å². The molecule has 0 aromatic carbocycles. The molecule has 0 spiro atoms. The summed E-state index contributed by atoms with van der Waals surface area (Å²) >= 11 is 0. The van der Waals surface area contributed by atoms with Gasteiger partial charge in [0, 0.05) is 25.0 Å². The molecule has 2 rings (SSSR count). The Labute approximate surface area is 114 Å². The summed E-state index contributed by atoms with van der Waals surface area (Å²) in [6.07, 6.45) is 8.79. The molecule has 1 atom stereocenters. The number of imidazole rings is 1. The van der Waals surface area contributed by atoms with Gasteiger partial charge in [-0.25, -0.2) is 4.98 Å². The van der Waals surface area contributed by atoms with Crippen LogP contribution in [-0.2, 0) is 6.42 Å². The summed E-state index contributed by atoms with van der Waals surface area (Å²) in [7, 11) is 1.95. The molecule has 0 aliphatic heterocycles. The van der Waals surface area contributed by atoms with Crippen molar-refractivity contribution in [2.75, 3.05) is 7.05 Å². The van der Waals surface area contributed by atoms with Crippen molar-refractivity contribution in [3.05, 3.63) is 36.2 Å². The molecule has 2 N–H and O–H groups in total. The van der Waals surface area contributed by atoms with E-state index in [0.29, 0.717) is 6.04 Å². The average molecular weight is 261 g/mol. The summed E-state index contributed by atoms with van der Waals surface area (Å²) in [5, 5.41) is 7.96. The van der Waals surface area contributed by atoms with Gasteiger partial charge in [-0.15, -0.1) is 0 Å². The molecule has 0 saturated carbocycles. The van der Waals surface area contributed by atoms with E-state index >= 15 is 0 Å². The number of aromatic nitrogens is 4. The molecule has 19 heavy (non-hydrogen) atoms. The van der Waals surface area contributed by atoms with Crippen molar-refractivity contribution >= 4 is 0 Å². The molecule has 0 radical (unpaired) electrons. The molecule has 0 aliphatic carbocycles. The van der Waals surface area contributed by atoms with Gasteiger partial charge in [0.2, 0.25) is 0 Å². The highest BCUT2D eigenvalue weighted by molar-refractivity contribution is 5.06. The zero-order valence-electron chi connectivity index (χ0n) is 11.9. The molecule has 2 heterocycles. The van der Waals surface area contributed by atoms with Crippen LogP contribution in [0.4, 0.5) is 0 Å². The predicted molar refractivity (Wildman–Crippen MR) is 75.9 cm³/mol. The number of rotatable bonds is 7. The van der Waals surface area contributed by atoms with Crippen LogP contribution in [0.15, 0.2) is 24.7 Å². The van der Waals surface area contributed by atoms with E-state index in [1.54, 1.807) is 6.20 Å². The van der Waals surface area contributed by atoms with Crippen LogP contribution in [0.2, 0.25) is 0 Å². The van der Waals surface area contributed by atoms with Crippen molar-refractivity contribution in [2.24, 2.45) is 0 Å². The van der Waals surface area contributed by atoms with Crippen molar-refractivity contribution in [3.8, 4) is 0 Å².